The summed E-state index contributed by atoms with van der Waals surface area (Å²) < 4.78 is 11.5. The lowest BCUT2D eigenvalue weighted by Crippen LogP contribution is -2.47. The Balaban J connectivity index is 1.42. The van der Waals surface area contributed by atoms with Gasteiger partial charge in [0.05, 0.1) is 5.41 Å². The van der Waals surface area contributed by atoms with Gasteiger partial charge in [-0.3, -0.25) is 9.59 Å². The lowest BCUT2D eigenvalue weighted by molar-refractivity contribution is -0.160. The summed E-state index contributed by atoms with van der Waals surface area (Å²) in [7, 11) is 0. The maximum atomic E-state index is 13.0. The van der Waals surface area contributed by atoms with Gasteiger partial charge in [0, 0.05) is 13.1 Å². The van der Waals surface area contributed by atoms with Crippen LogP contribution in [0.2, 0.25) is 0 Å². The van der Waals surface area contributed by atoms with Gasteiger partial charge in [-0.15, -0.1) is 0 Å². The molecule has 0 atom stereocenters. The molecule has 3 heterocycles. The average molecular weight is 424 g/mol. The summed E-state index contributed by atoms with van der Waals surface area (Å²) >= 11 is 0. The Bertz CT molecular complexity index is 938. The van der Waals surface area contributed by atoms with Crippen LogP contribution < -0.4 is 10.5 Å². The van der Waals surface area contributed by atoms with Gasteiger partial charge in [-0.05, 0) is 55.9 Å². The molecule has 1 saturated heterocycles. The third-order valence-electron chi connectivity index (χ3n) is 6.33. The number of cyclic esters (lactones) is 1. The number of pyridine rings is 1. The number of anilines is 1. The quantitative estimate of drug-likeness (QED) is 0.708. The standard InChI is InChI=1S/C24H29N3O4/c25-21-10-5-8-19(26-21)22(28)27-14-12-24(13-15-27)11-4-3-7-18-6-1-2-9-20(18)30-16-17-31-23(24)29/h1-2,5-6,8-10H,3-4,7,11-17H2,(H2,25,26). The van der Waals surface area contributed by atoms with Crippen LogP contribution >= 0.6 is 0 Å². The minimum Gasteiger partial charge on any atom is -0.490 e. The topological polar surface area (TPSA) is 94.8 Å². The molecule has 2 aromatic rings. The van der Waals surface area contributed by atoms with Gasteiger partial charge in [-0.1, -0.05) is 30.7 Å². The van der Waals surface area contributed by atoms with Crippen LogP contribution in [0.5, 0.6) is 5.75 Å². The van der Waals surface area contributed by atoms with Gasteiger partial charge >= 0.3 is 5.97 Å². The van der Waals surface area contributed by atoms with Crippen LogP contribution in [0, 0.1) is 5.41 Å². The number of nitrogens with zero attached hydrogens (tertiary/aromatic N) is 2. The van der Waals surface area contributed by atoms with E-state index < -0.39 is 5.41 Å². The maximum absolute atomic E-state index is 13.0. The number of aromatic nitrogens is 1. The number of amides is 1. The molecule has 0 saturated carbocycles. The highest BCUT2D eigenvalue weighted by molar-refractivity contribution is 5.93. The molecule has 0 bridgehead atoms. The number of nitrogen functional groups attached to an aromatic ring is 1. The fourth-order valence-electron chi connectivity index (χ4n) is 4.50. The number of nitrogens with two attached hydrogens (primary N) is 1. The normalized spacial score (nSPS) is 19.4. The lowest BCUT2D eigenvalue weighted by Gasteiger charge is -2.40. The second kappa shape index (κ2) is 9.37. The first-order chi connectivity index (χ1) is 15.1. The number of carbonyl (C=O) groups is 2. The predicted molar refractivity (Wildman–Crippen MR) is 117 cm³/mol. The number of carbonyl (C=O) groups excluding carboxylic acids is 2. The molecule has 1 aromatic carbocycles. The first-order valence-electron chi connectivity index (χ1n) is 11.0. The van der Waals surface area contributed by atoms with E-state index in [1.165, 1.54) is 5.56 Å². The van der Waals surface area contributed by atoms with Crippen molar-refractivity contribution in [1.82, 2.24) is 9.88 Å². The van der Waals surface area contributed by atoms with Gasteiger partial charge in [-0.2, -0.15) is 0 Å². The van der Waals surface area contributed by atoms with Crippen molar-refractivity contribution in [2.24, 2.45) is 5.41 Å². The smallest absolute Gasteiger partial charge is 0.312 e. The highest BCUT2D eigenvalue weighted by Crippen LogP contribution is 2.39. The van der Waals surface area contributed by atoms with Gasteiger partial charge in [0.2, 0.25) is 0 Å². The molecule has 0 aliphatic carbocycles. The van der Waals surface area contributed by atoms with E-state index in [0.717, 1.165) is 31.4 Å². The summed E-state index contributed by atoms with van der Waals surface area (Å²) in [6.07, 6.45) is 4.79. The summed E-state index contributed by atoms with van der Waals surface area (Å²) in [5.74, 6) is 0.884. The molecule has 1 amide bonds. The minimum atomic E-state index is -0.543. The summed E-state index contributed by atoms with van der Waals surface area (Å²) in [4.78, 5) is 31.7. The molecule has 2 N–H and O–H groups in total. The Hall–Kier alpha value is -3.09. The molecule has 164 valence electrons. The Morgan fingerprint density at radius 3 is 2.55 bits per heavy atom. The summed E-state index contributed by atoms with van der Waals surface area (Å²) in [5.41, 5.74) is 6.71. The predicted octanol–water partition coefficient (Wildman–Crippen LogP) is 3.23. The van der Waals surface area contributed by atoms with Gasteiger partial charge in [0.1, 0.15) is 30.5 Å². The van der Waals surface area contributed by atoms with Crippen LogP contribution in [0.15, 0.2) is 42.5 Å². The van der Waals surface area contributed by atoms with E-state index in [4.69, 9.17) is 15.2 Å². The zero-order chi connectivity index (χ0) is 21.7. The molecule has 1 spiro atoms. The molecule has 0 unspecified atom stereocenters. The fraction of sp³-hybridized carbons (Fsp3) is 0.458. The molecule has 2 aliphatic rings. The van der Waals surface area contributed by atoms with Crippen molar-refractivity contribution in [1.29, 1.82) is 0 Å². The van der Waals surface area contributed by atoms with Gasteiger partial charge in [0.25, 0.3) is 5.91 Å². The molecule has 2 aliphatic heterocycles. The van der Waals surface area contributed by atoms with Crippen molar-refractivity contribution in [3.63, 3.8) is 0 Å². The summed E-state index contributed by atoms with van der Waals surface area (Å²) in [6, 6.07) is 13.1. The van der Waals surface area contributed by atoms with Gasteiger partial charge < -0.3 is 20.1 Å². The van der Waals surface area contributed by atoms with Gasteiger partial charge in [-0.25, -0.2) is 4.98 Å². The van der Waals surface area contributed by atoms with Crippen molar-refractivity contribution in [3.05, 3.63) is 53.7 Å². The van der Waals surface area contributed by atoms with E-state index in [1.54, 1.807) is 23.1 Å². The molecule has 4 rings (SSSR count). The lowest BCUT2D eigenvalue weighted by atomic mass is 9.74. The first kappa shape index (κ1) is 21.2. The SMILES string of the molecule is Nc1cccc(C(=O)N2CCC3(CCCCc4ccccc4OCCOC3=O)CC2)n1. The molecule has 1 fully saturated rings. The van der Waals surface area contributed by atoms with Crippen LogP contribution in [0.25, 0.3) is 0 Å². The third-order valence-corrected chi connectivity index (χ3v) is 6.33. The third kappa shape index (κ3) is 4.81. The number of hydrogen-bond donors (Lipinski definition) is 1. The van der Waals surface area contributed by atoms with Crippen molar-refractivity contribution in [3.8, 4) is 5.75 Å². The van der Waals surface area contributed by atoms with E-state index >= 15 is 0 Å². The Morgan fingerprint density at radius 1 is 0.968 bits per heavy atom. The Labute approximate surface area is 182 Å². The maximum Gasteiger partial charge on any atom is 0.312 e. The highest BCUT2D eigenvalue weighted by atomic mass is 16.6. The number of aryl methyl sites for hydroxylation is 1. The molecule has 7 nitrogen and oxygen atoms in total. The molecular formula is C24H29N3O4. The highest BCUT2D eigenvalue weighted by Gasteiger charge is 2.43. The molecule has 7 heteroatoms. The number of para-hydroxylation sites is 1. The number of fused-ring (bicyclic) bond motifs is 1. The largest absolute Gasteiger partial charge is 0.490 e. The molecular weight excluding hydrogens is 394 g/mol. The number of likely N-dealkylation sites (tertiary alicyclic amines) is 1. The molecule has 1 aromatic heterocycles. The van der Waals surface area contributed by atoms with Gasteiger partial charge in [0.15, 0.2) is 0 Å². The first-order valence-corrected chi connectivity index (χ1v) is 11.0. The molecule has 31 heavy (non-hydrogen) atoms. The number of piperidine rings is 1. The fourth-order valence-corrected chi connectivity index (χ4v) is 4.50. The summed E-state index contributed by atoms with van der Waals surface area (Å²) in [5, 5.41) is 0. The van der Waals surface area contributed by atoms with Crippen LogP contribution in [0.1, 0.15) is 48.2 Å². The minimum absolute atomic E-state index is 0.145. The van der Waals surface area contributed by atoms with Crippen molar-refractivity contribution < 1.29 is 19.1 Å². The van der Waals surface area contributed by atoms with Crippen LogP contribution in [0.4, 0.5) is 5.82 Å². The average Bonchev–Trinajstić information content (AvgIpc) is 2.79. The van der Waals surface area contributed by atoms with Crippen LogP contribution in [-0.4, -0.2) is 48.1 Å². The Morgan fingerprint density at radius 2 is 1.74 bits per heavy atom. The number of ether oxygens (including phenoxy) is 2. The number of esters is 1. The second-order valence-electron chi connectivity index (χ2n) is 8.32. The Kier molecular flexibility index (Phi) is 6.39. The van der Waals surface area contributed by atoms with E-state index in [1.807, 2.05) is 18.2 Å². The van der Waals surface area contributed by atoms with E-state index in [-0.39, 0.29) is 18.5 Å². The van der Waals surface area contributed by atoms with Crippen molar-refractivity contribution in [2.45, 2.75) is 38.5 Å². The second-order valence-corrected chi connectivity index (χ2v) is 8.32. The summed E-state index contributed by atoms with van der Waals surface area (Å²) in [6.45, 7) is 1.57. The monoisotopic (exact) mass is 423 g/mol. The van der Waals surface area contributed by atoms with E-state index in [2.05, 4.69) is 11.1 Å². The molecule has 0 radical (unpaired) electrons. The van der Waals surface area contributed by atoms with Crippen molar-refractivity contribution >= 4 is 17.7 Å². The zero-order valence-corrected chi connectivity index (χ0v) is 17.7. The number of benzene rings is 1. The van der Waals surface area contributed by atoms with Crippen LogP contribution in [0.3, 0.4) is 0 Å². The van der Waals surface area contributed by atoms with E-state index in [9.17, 15) is 9.59 Å². The zero-order valence-electron chi connectivity index (χ0n) is 17.7. The number of hydrogen-bond acceptors (Lipinski definition) is 6. The van der Waals surface area contributed by atoms with E-state index in [0.29, 0.717) is 44.0 Å². The van der Waals surface area contributed by atoms with Crippen molar-refractivity contribution in [2.75, 3.05) is 32.0 Å². The number of rotatable bonds is 1. The van der Waals surface area contributed by atoms with Crippen LogP contribution in [-0.2, 0) is 16.0 Å².